The van der Waals surface area contributed by atoms with Crippen LogP contribution >= 0.6 is 0 Å². The Morgan fingerprint density at radius 1 is 1.11 bits per heavy atom. The number of aromatic hydroxyl groups is 1. The van der Waals surface area contributed by atoms with E-state index in [-0.39, 0.29) is 6.10 Å². The number of fused-ring (bicyclic) bond motifs is 1. The number of rotatable bonds is 2. The molecule has 1 atom stereocenters. The molecule has 2 nitrogen and oxygen atoms in total. The van der Waals surface area contributed by atoms with Gasteiger partial charge in [0.1, 0.15) is 5.75 Å². The first-order valence-corrected chi connectivity index (χ1v) is 6.33. The Labute approximate surface area is 107 Å². The number of phenolic OH excluding ortho intramolecular Hbond substituents is 1. The molecule has 3 rings (SSSR count). The average molecular weight is 240 g/mol. The van der Waals surface area contributed by atoms with E-state index in [1.807, 2.05) is 24.3 Å². The lowest BCUT2D eigenvalue weighted by Gasteiger charge is -2.14. The van der Waals surface area contributed by atoms with Crippen molar-refractivity contribution in [1.29, 1.82) is 0 Å². The molecule has 92 valence electrons. The van der Waals surface area contributed by atoms with Crippen molar-refractivity contribution in [2.24, 2.45) is 0 Å². The molecule has 0 bridgehead atoms. The third-order valence-electron chi connectivity index (χ3n) is 3.52. The lowest BCUT2D eigenvalue weighted by molar-refractivity contribution is 0.0639. The van der Waals surface area contributed by atoms with Gasteiger partial charge in [-0.2, -0.15) is 0 Å². The van der Waals surface area contributed by atoms with Gasteiger partial charge < -0.3 is 9.84 Å². The zero-order valence-corrected chi connectivity index (χ0v) is 10.4. The minimum absolute atomic E-state index is 0.149. The quantitative estimate of drug-likeness (QED) is 0.858. The summed E-state index contributed by atoms with van der Waals surface area (Å²) in [4.78, 5) is 0. The van der Waals surface area contributed by atoms with Gasteiger partial charge in [-0.1, -0.05) is 43.3 Å². The van der Waals surface area contributed by atoms with Crippen LogP contribution < -0.4 is 0 Å². The summed E-state index contributed by atoms with van der Waals surface area (Å²) >= 11 is 0. The first kappa shape index (κ1) is 11.3. The molecule has 2 aromatic rings. The number of phenols is 1. The third kappa shape index (κ3) is 1.70. The summed E-state index contributed by atoms with van der Waals surface area (Å²) in [5.74, 6) is 0.327. The molecule has 0 amide bonds. The summed E-state index contributed by atoms with van der Waals surface area (Å²) in [6.07, 6.45) is 1.10. The van der Waals surface area contributed by atoms with Crippen molar-refractivity contribution in [1.82, 2.24) is 0 Å². The van der Waals surface area contributed by atoms with Crippen LogP contribution in [0.5, 0.6) is 5.75 Å². The highest BCUT2D eigenvalue weighted by Gasteiger charge is 2.25. The first-order valence-electron chi connectivity index (χ1n) is 6.33. The summed E-state index contributed by atoms with van der Waals surface area (Å²) in [6.45, 7) is 2.80. The zero-order chi connectivity index (χ0) is 12.5. The smallest absolute Gasteiger partial charge is 0.123 e. The molecule has 0 saturated carbocycles. The fraction of sp³-hybridized carbons (Fsp3) is 0.250. The molecular weight excluding hydrogens is 224 g/mol. The molecule has 1 aliphatic rings. The van der Waals surface area contributed by atoms with Gasteiger partial charge in [-0.25, -0.2) is 0 Å². The second-order valence-corrected chi connectivity index (χ2v) is 4.60. The minimum Gasteiger partial charge on any atom is -0.507 e. The summed E-state index contributed by atoms with van der Waals surface area (Å²) in [5.41, 5.74) is 4.46. The Hall–Kier alpha value is -1.80. The topological polar surface area (TPSA) is 29.5 Å². The highest BCUT2D eigenvalue weighted by molar-refractivity contribution is 5.74. The van der Waals surface area contributed by atoms with Crippen molar-refractivity contribution < 1.29 is 9.84 Å². The number of para-hydroxylation sites is 1. The second kappa shape index (κ2) is 4.46. The van der Waals surface area contributed by atoms with Crippen LogP contribution in [0.25, 0.3) is 11.1 Å². The van der Waals surface area contributed by atoms with E-state index in [1.54, 1.807) is 6.07 Å². The molecule has 1 heterocycles. The highest BCUT2D eigenvalue weighted by Crippen LogP contribution is 2.42. The largest absolute Gasteiger partial charge is 0.507 e. The molecule has 1 N–H and O–H groups in total. The predicted molar refractivity (Wildman–Crippen MR) is 71.4 cm³/mol. The maximum Gasteiger partial charge on any atom is 0.123 e. The molecule has 0 spiro atoms. The van der Waals surface area contributed by atoms with E-state index in [1.165, 1.54) is 11.1 Å². The standard InChI is InChI=1S/C16H16O2/c1-2-15-16-11(10-18-15)6-5-8-13(16)12-7-3-4-9-14(12)17/h3-9,15,17H,2,10H2,1H3. The van der Waals surface area contributed by atoms with Gasteiger partial charge in [0, 0.05) is 5.56 Å². The van der Waals surface area contributed by atoms with Gasteiger partial charge in [0.2, 0.25) is 0 Å². The van der Waals surface area contributed by atoms with E-state index in [0.29, 0.717) is 12.4 Å². The lowest BCUT2D eigenvalue weighted by atomic mass is 9.92. The monoisotopic (exact) mass is 240 g/mol. The van der Waals surface area contributed by atoms with Gasteiger partial charge >= 0.3 is 0 Å². The maximum atomic E-state index is 10.0. The Kier molecular flexibility index (Phi) is 2.80. The van der Waals surface area contributed by atoms with Crippen LogP contribution in [0, 0.1) is 0 Å². The third-order valence-corrected chi connectivity index (χ3v) is 3.52. The average Bonchev–Trinajstić information content (AvgIpc) is 2.82. The molecule has 0 radical (unpaired) electrons. The van der Waals surface area contributed by atoms with E-state index in [0.717, 1.165) is 17.5 Å². The van der Waals surface area contributed by atoms with Crippen molar-refractivity contribution >= 4 is 0 Å². The number of ether oxygens (including phenoxy) is 1. The Morgan fingerprint density at radius 2 is 1.89 bits per heavy atom. The second-order valence-electron chi connectivity index (χ2n) is 4.60. The van der Waals surface area contributed by atoms with Gasteiger partial charge in [-0.15, -0.1) is 0 Å². The van der Waals surface area contributed by atoms with Crippen LogP contribution in [0.2, 0.25) is 0 Å². The van der Waals surface area contributed by atoms with E-state index in [2.05, 4.69) is 19.1 Å². The van der Waals surface area contributed by atoms with Crippen LogP contribution in [0.1, 0.15) is 30.6 Å². The molecule has 2 aromatic carbocycles. The molecular formula is C16H16O2. The van der Waals surface area contributed by atoms with Crippen LogP contribution in [0.4, 0.5) is 0 Å². The van der Waals surface area contributed by atoms with Gasteiger partial charge in [-0.05, 0) is 29.2 Å². The highest BCUT2D eigenvalue weighted by atomic mass is 16.5. The van der Waals surface area contributed by atoms with Crippen LogP contribution in [0.15, 0.2) is 42.5 Å². The van der Waals surface area contributed by atoms with E-state index in [4.69, 9.17) is 4.74 Å². The van der Waals surface area contributed by atoms with Crippen molar-refractivity contribution in [3.05, 3.63) is 53.6 Å². The van der Waals surface area contributed by atoms with Crippen molar-refractivity contribution in [2.45, 2.75) is 26.1 Å². The van der Waals surface area contributed by atoms with Crippen LogP contribution in [-0.2, 0) is 11.3 Å². The Bertz CT molecular complexity index is 575. The summed E-state index contributed by atoms with van der Waals surface area (Å²) in [7, 11) is 0. The zero-order valence-electron chi connectivity index (χ0n) is 10.4. The van der Waals surface area contributed by atoms with E-state index in [9.17, 15) is 5.11 Å². The van der Waals surface area contributed by atoms with Gasteiger partial charge in [-0.3, -0.25) is 0 Å². The molecule has 2 heteroatoms. The molecule has 0 aliphatic carbocycles. The number of hydrogen-bond acceptors (Lipinski definition) is 2. The Morgan fingerprint density at radius 3 is 2.67 bits per heavy atom. The molecule has 1 aliphatic heterocycles. The lowest BCUT2D eigenvalue weighted by Crippen LogP contribution is -1.96. The first-order chi connectivity index (χ1) is 8.81. The molecule has 18 heavy (non-hydrogen) atoms. The summed E-state index contributed by atoms with van der Waals surface area (Å²) in [5, 5.41) is 10.0. The fourth-order valence-electron chi connectivity index (χ4n) is 2.65. The van der Waals surface area contributed by atoms with E-state index < -0.39 is 0 Å². The molecule has 0 aromatic heterocycles. The molecule has 1 unspecified atom stereocenters. The summed E-state index contributed by atoms with van der Waals surface area (Å²) in [6, 6.07) is 13.7. The van der Waals surface area contributed by atoms with Crippen molar-refractivity contribution in [3.63, 3.8) is 0 Å². The molecule has 0 saturated heterocycles. The van der Waals surface area contributed by atoms with Gasteiger partial charge in [0.15, 0.2) is 0 Å². The van der Waals surface area contributed by atoms with E-state index >= 15 is 0 Å². The molecule has 0 fully saturated rings. The Balaban J connectivity index is 2.20. The van der Waals surface area contributed by atoms with Crippen molar-refractivity contribution in [2.75, 3.05) is 0 Å². The maximum absolute atomic E-state index is 10.0. The van der Waals surface area contributed by atoms with Crippen molar-refractivity contribution in [3.8, 4) is 16.9 Å². The fourth-order valence-corrected chi connectivity index (χ4v) is 2.65. The van der Waals surface area contributed by atoms with Gasteiger partial charge in [0.05, 0.1) is 12.7 Å². The number of benzene rings is 2. The summed E-state index contributed by atoms with van der Waals surface area (Å²) < 4.78 is 5.79. The minimum atomic E-state index is 0.149. The van der Waals surface area contributed by atoms with Crippen LogP contribution in [0.3, 0.4) is 0 Å². The SMILES string of the molecule is CCC1OCc2cccc(-c3ccccc3O)c21. The van der Waals surface area contributed by atoms with Gasteiger partial charge in [0.25, 0.3) is 0 Å². The normalized spacial score (nSPS) is 17.7. The predicted octanol–water partition coefficient (Wildman–Crippen LogP) is 4.04. The van der Waals surface area contributed by atoms with Crippen LogP contribution in [-0.4, -0.2) is 5.11 Å². The number of hydrogen-bond donors (Lipinski definition) is 1.